The number of hydrogen-bond donors (Lipinski definition) is 1. The Bertz CT molecular complexity index is 505. The highest BCUT2D eigenvalue weighted by atomic mass is 32.2. The molecule has 1 heterocycles. The largest absolute Gasteiger partial charge is 0.480 e. The van der Waals surface area contributed by atoms with Crippen molar-refractivity contribution in [3.05, 3.63) is 11.9 Å². The van der Waals surface area contributed by atoms with Crippen LogP contribution in [0.15, 0.2) is 11.1 Å². The van der Waals surface area contributed by atoms with Gasteiger partial charge in [-0.05, 0) is 6.92 Å². The first kappa shape index (κ1) is 12.7. The van der Waals surface area contributed by atoms with Gasteiger partial charge in [-0.1, -0.05) is 0 Å². The molecule has 0 aliphatic heterocycles. The minimum Gasteiger partial charge on any atom is -0.480 e. The van der Waals surface area contributed by atoms with E-state index in [1.165, 1.54) is 17.9 Å². The number of aromatic nitrogens is 2. The molecule has 1 N–H and O–H groups in total. The van der Waals surface area contributed by atoms with E-state index < -0.39 is 22.5 Å². The first-order chi connectivity index (χ1) is 7.26. The van der Waals surface area contributed by atoms with E-state index in [0.717, 1.165) is 4.31 Å². The molecule has 0 spiro atoms. The molecule has 0 bridgehead atoms. The van der Waals surface area contributed by atoms with Crippen LogP contribution in [0.5, 0.6) is 0 Å². The standard InChI is InChI=1S/C8H13N3O4S/c1-6-7(4-9-11(6)3)16(14,15)10(2)5-8(12)13/h4H,5H2,1-3H3,(H,12,13). The minimum absolute atomic E-state index is 0.0266. The Kier molecular flexibility index (Phi) is 3.34. The Hall–Kier alpha value is -1.41. The Morgan fingerprint density at radius 1 is 1.62 bits per heavy atom. The van der Waals surface area contributed by atoms with Gasteiger partial charge in [-0.3, -0.25) is 9.48 Å². The van der Waals surface area contributed by atoms with E-state index in [1.54, 1.807) is 14.0 Å². The summed E-state index contributed by atoms with van der Waals surface area (Å²) in [4.78, 5) is 10.5. The molecule has 0 atom stereocenters. The molecule has 0 aromatic carbocycles. The van der Waals surface area contributed by atoms with Crippen molar-refractivity contribution in [1.82, 2.24) is 14.1 Å². The highest BCUT2D eigenvalue weighted by molar-refractivity contribution is 7.89. The summed E-state index contributed by atoms with van der Waals surface area (Å²) in [5, 5.41) is 12.3. The fourth-order valence-corrected chi connectivity index (χ4v) is 2.48. The maximum Gasteiger partial charge on any atom is 0.318 e. The lowest BCUT2D eigenvalue weighted by Gasteiger charge is -2.14. The summed E-state index contributed by atoms with van der Waals surface area (Å²) in [6.07, 6.45) is 1.21. The van der Waals surface area contributed by atoms with E-state index in [9.17, 15) is 13.2 Å². The Balaban J connectivity index is 3.12. The van der Waals surface area contributed by atoms with Gasteiger partial charge in [-0.25, -0.2) is 8.42 Å². The number of aliphatic carboxylic acids is 1. The third-order valence-electron chi connectivity index (χ3n) is 2.24. The number of aryl methyl sites for hydroxylation is 1. The molecule has 0 saturated carbocycles. The van der Waals surface area contributed by atoms with Crippen molar-refractivity contribution in [2.75, 3.05) is 13.6 Å². The molecule has 0 saturated heterocycles. The smallest absolute Gasteiger partial charge is 0.318 e. The monoisotopic (exact) mass is 247 g/mol. The van der Waals surface area contributed by atoms with Gasteiger partial charge in [0.05, 0.1) is 11.9 Å². The quantitative estimate of drug-likeness (QED) is 0.769. The van der Waals surface area contributed by atoms with Crippen LogP contribution in [0.3, 0.4) is 0 Å². The zero-order valence-corrected chi connectivity index (χ0v) is 10.0. The van der Waals surface area contributed by atoms with Gasteiger partial charge in [-0.2, -0.15) is 9.40 Å². The average molecular weight is 247 g/mol. The van der Waals surface area contributed by atoms with Gasteiger partial charge in [0.2, 0.25) is 10.0 Å². The second kappa shape index (κ2) is 4.22. The van der Waals surface area contributed by atoms with Crippen LogP contribution < -0.4 is 0 Å². The summed E-state index contributed by atoms with van der Waals surface area (Å²) < 4.78 is 26.0. The van der Waals surface area contributed by atoms with Gasteiger partial charge in [0.15, 0.2) is 0 Å². The van der Waals surface area contributed by atoms with Crippen molar-refractivity contribution in [3.63, 3.8) is 0 Å². The van der Waals surface area contributed by atoms with Crippen molar-refractivity contribution in [3.8, 4) is 0 Å². The predicted octanol–water partition coefficient (Wildman–Crippen LogP) is -0.566. The SMILES string of the molecule is Cc1c(S(=O)(=O)N(C)CC(=O)O)cnn1C. The molecular formula is C8H13N3O4S. The maximum atomic E-state index is 11.9. The van der Waals surface area contributed by atoms with Gasteiger partial charge in [-0.15, -0.1) is 0 Å². The fraction of sp³-hybridized carbons (Fsp3) is 0.500. The fourth-order valence-electron chi connectivity index (χ4n) is 1.18. The molecule has 90 valence electrons. The zero-order valence-electron chi connectivity index (χ0n) is 9.21. The third kappa shape index (κ3) is 2.22. The number of nitrogens with zero attached hydrogens (tertiary/aromatic N) is 3. The summed E-state index contributed by atoms with van der Waals surface area (Å²) in [6, 6.07) is 0. The van der Waals surface area contributed by atoms with Crippen LogP contribution in [0.1, 0.15) is 5.69 Å². The molecule has 0 radical (unpaired) electrons. The maximum absolute atomic E-state index is 11.9. The van der Waals surface area contributed by atoms with Crippen molar-refractivity contribution < 1.29 is 18.3 Å². The van der Waals surface area contributed by atoms with Gasteiger partial charge < -0.3 is 5.11 Å². The first-order valence-electron chi connectivity index (χ1n) is 4.43. The number of sulfonamides is 1. The molecule has 8 heteroatoms. The second-order valence-corrected chi connectivity index (χ2v) is 5.39. The highest BCUT2D eigenvalue weighted by Gasteiger charge is 2.26. The van der Waals surface area contributed by atoms with Crippen LogP contribution in [-0.2, 0) is 21.9 Å². The van der Waals surface area contributed by atoms with E-state index in [2.05, 4.69) is 5.10 Å². The molecule has 1 rings (SSSR count). The highest BCUT2D eigenvalue weighted by Crippen LogP contribution is 2.17. The summed E-state index contributed by atoms with van der Waals surface area (Å²) in [5.41, 5.74) is 0.470. The lowest BCUT2D eigenvalue weighted by molar-refractivity contribution is -0.137. The second-order valence-electron chi connectivity index (χ2n) is 3.37. The van der Waals surface area contributed by atoms with E-state index in [4.69, 9.17) is 5.11 Å². The summed E-state index contributed by atoms with van der Waals surface area (Å²) in [5.74, 6) is -1.20. The number of carboxylic acids is 1. The first-order valence-corrected chi connectivity index (χ1v) is 5.87. The van der Waals surface area contributed by atoms with Gasteiger partial charge in [0, 0.05) is 14.1 Å². The molecule has 16 heavy (non-hydrogen) atoms. The lowest BCUT2D eigenvalue weighted by atomic mass is 10.5. The zero-order chi connectivity index (χ0) is 12.5. The normalized spacial score (nSPS) is 12.0. The van der Waals surface area contributed by atoms with Crippen molar-refractivity contribution >= 4 is 16.0 Å². The molecular weight excluding hydrogens is 234 g/mol. The molecule has 0 aliphatic rings. The molecule has 0 unspecified atom stereocenters. The lowest BCUT2D eigenvalue weighted by Crippen LogP contribution is -2.32. The van der Waals surface area contributed by atoms with Gasteiger partial charge in [0.25, 0.3) is 0 Å². The van der Waals surface area contributed by atoms with Crippen LogP contribution in [0.2, 0.25) is 0 Å². The average Bonchev–Trinajstić information content (AvgIpc) is 2.46. The van der Waals surface area contributed by atoms with Crippen LogP contribution in [0, 0.1) is 6.92 Å². The van der Waals surface area contributed by atoms with E-state index in [1.807, 2.05) is 0 Å². The number of likely N-dealkylation sites (N-methyl/N-ethyl adjacent to an activating group) is 1. The molecule has 0 amide bonds. The Morgan fingerprint density at radius 3 is 2.56 bits per heavy atom. The van der Waals surface area contributed by atoms with Gasteiger partial charge >= 0.3 is 5.97 Å². The van der Waals surface area contributed by atoms with E-state index in [0.29, 0.717) is 5.69 Å². The molecule has 0 aliphatic carbocycles. The number of rotatable bonds is 4. The van der Waals surface area contributed by atoms with Crippen molar-refractivity contribution in [1.29, 1.82) is 0 Å². The molecule has 1 aromatic heterocycles. The van der Waals surface area contributed by atoms with Crippen molar-refractivity contribution in [2.45, 2.75) is 11.8 Å². The topological polar surface area (TPSA) is 92.5 Å². The third-order valence-corrected chi connectivity index (χ3v) is 4.14. The predicted molar refractivity (Wildman–Crippen MR) is 55.4 cm³/mol. The van der Waals surface area contributed by atoms with E-state index >= 15 is 0 Å². The van der Waals surface area contributed by atoms with Crippen LogP contribution >= 0.6 is 0 Å². The summed E-state index contributed by atoms with van der Waals surface area (Å²) in [7, 11) is -0.940. The summed E-state index contributed by atoms with van der Waals surface area (Å²) in [6.45, 7) is 1.03. The summed E-state index contributed by atoms with van der Waals surface area (Å²) >= 11 is 0. The van der Waals surface area contributed by atoms with Gasteiger partial charge in [0.1, 0.15) is 11.4 Å². The van der Waals surface area contributed by atoms with Crippen LogP contribution in [0.4, 0.5) is 0 Å². The minimum atomic E-state index is -3.77. The molecule has 7 nitrogen and oxygen atoms in total. The Labute approximate surface area is 93.3 Å². The van der Waals surface area contributed by atoms with Crippen LogP contribution in [-0.4, -0.2) is 47.2 Å². The number of carboxylic acid groups (broad SMARTS) is 1. The molecule has 1 aromatic rings. The molecule has 0 fully saturated rings. The Morgan fingerprint density at radius 2 is 2.19 bits per heavy atom. The van der Waals surface area contributed by atoms with E-state index in [-0.39, 0.29) is 4.90 Å². The number of carbonyl (C=O) groups is 1. The van der Waals surface area contributed by atoms with Crippen LogP contribution in [0.25, 0.3) is 0 Å². The number of hydrogen-bond acceptors (Lipinski definition) is 4. The van der Waals surface area contributed by atoms with Crippen molar-refractivity contribution in [2.24, 2.45) is 7.05 Å².